The van der Waals surface area contributed by atoms with E-state index in [-0.39, 0.29) is 17.9 Å². The average molecular weight is 356 g/mol. The molecule has 1 saturated carbocycles. The maximum absolute atomic E-state index is 13.0. The minimum Gasteiger partial charge on any atom is -0.323 e. The summed E-state index contributed by atoms with van der Waals surface area (Å²) >= 11 is 6.27. The third-order valence-electron chi connectivity index (χ3n) is 5.21. The molecule has 2 aromatic rings. The normalized spacial score (nSPS) is 25.2. The highest BCUT2D eigenvalue weighted by Gasteiger charge is 2.59. The van der Waals surface area contributed by atoms with E-state index in [1.165, 1.54) is 4.90 Å². The number of aromatic nitrogens is 1. The molecule has 1 N–H and O–H groups in total. The summed E-state index contributed by atoms with van der Waals surface area (Å²) < 4.78 is 0. The molecule has 1 aliphatic carbocycles. The van der Waals surface area contributed by atoms with Crippen LogP contribution in [0.15, 0.2) is 42.7 Å². The van der Waals surface area contributed by atoms with E-state index in [9.17, 15) is 9.59 Å². The number of nitrogens with one attached hydrogen (secondary N) is 1. The van der Waals surface area contributed by atoms with E-state index in [1.54, 1.807) is 12.4 Å². The van der Waals surface area contributed by atoms with Gasteiger partial charge in [-0.2, -0.15) is 0 Å². The van der Waals surface area contributed by atoms with E-state index in [1.807, 2.05) is 37.3 Å². The van der Waals surface area contributed by atoms with E-state index >= 15 is 0 Å². The molecule has 1 aliphatic heterocycles. The Kier molecular flexibility index (Phi) is 3.76. The second-order valence-corrected chi connectivity index (χ2v) is 7.04. The van der Waals surface area contributed by atoms with Gasteiger partial charge < -0.3 is 5.32 Å². The van der Waals surface area contributed by atoms with Gasteiger partial charge in [0.25, 0.3) is 5.91 Å². The highest BCUT2D eigenvalue weighted by Crippen LogP contribution is 2.49. The predicted molar refractivity (Wildman–Crippen MR) is 95.8 cm³/mol. The van der Waals surface area contributed by atoms with E-state index in [0.29, 0.717) is 23.6 Å². The van der Waals surface area contributed by atoms with Crippen LogP contribution in [0.1, 0.15) is 36.8 Å². The van der Waals surface area contributed by atoms with Gasteiger partial charge in [0.1, 0.15) is 5.54 Å². The quantitative estimate of drug-likeness (QED) is 0.854. The van der Waals surface area contributed by atoms with Gasteiger partial charge in [-0.1, -0.05) is 36.7 Å². The Hall–Kier alpha value is -2.40. The van der Waals surface area contributed by atoms with Crippen LogP contribution in [0.4, 0.5) is 10.5 Å². The Balaban J connectivity index is 1.60. The van der Waals surface area contributed by atoms with E-state index in [0.717, 1.165) is 17.5 Å². The summed E-state index contributed by atoms with van der Waals surface area (Å²) in [4.78, 5) is 30.9. The van der Waals surface area contributed by atoms with Crippen LogP contribution in [0.3, 0.4) is 0 Å². The van der Waals surface area contributed by atoms with Crippen molar-refractivity contribution in [3.63, 3.8) is 0 Å². The van der Waals surface area contributed by atoms with Gasteiger partial charge in [-0.25, -0.2) is 9.69 Å². The second kappa shape index (κ2) is 5.85. The number of hydrogen-bond donors (Lipinski definition) is 1. The molecule has 0 atom stereocenters. The summed E-state index contributed by atoms with van der Waals surface area (Å²) in [6.45, 7) is 1.99. The van der Waals surface area contributed by atoms with Crippen molar-refractivity contribution in [2.45, 2.75) is 37.6 Å². The molecule has 2 aliphatic rings. The van der Waals surface area contributed by atoms with Gasteiger partial charge in [0.15, 0.2) is 0 Å². The Morgan fingerprint density at radius 2 is 2.04 bits per heavy atom. The van der Waals surface area contributed by atoms with E-state index in [4.69, 9.17) is 11.6 Å². The number of hydrogen-bond acceptors (Lipinski definition) is 3. The number of imide groups is 1. The molecule has 0 unspecified atom stereocenters. The predicted octanol–water partition coefficient (Wildman–Crippen LogP) is 3.67. The molecule has 1 spiro atoms. The van der Waals surface area contributed by atoms with Gasteiger partial charge in [-0.05, 0) is 48.4 Å². The fourth-order valence-electron chi connectivity index (χ4n) is 3.84. The Bertz CT molecular complexity index is 861. The number of pyridine rings is 1. The lowest BCUT2D eigenvalue weighted by Gasteiger charge is -2.43. The topological polar surface area (TPSA) is 62.3 Å². The van der Waals surface area contributed by atoms with Crippen molar-refractivity contribution < 1.29 is 9.59 Å². The SMILES string of the molecule is CCc1ccncc1N1C(=O)NC2(CC(c3ccccc3Cl)C2)C1=O. The Labute approximate surface area is 151 Å². The van der Waals surface area contributed by atoms with Gasteiger partial charge in [0.2, 0.25) is 0 Å². The van der Waals surface area contributed by atoms with Crippen LogP contribution in [0.25, 0.3) is 0 Å². The molecule has 25 heavy (non-hydrogen) atoms. The maximum Gasteiger partial charge on any atom is 0.329 e. The summed E-state index contributed by atoms with van der Waals surface area (Å²) in [6.07, 6.45) is 5.12. The molecule has 4 rings (SSSR count). The van der Waals surface area contributed by atoms with Crippen LogP contribution in [0, 0.1) is 0 Å². The Morgan fingerprint density at radius 1 is 1.28 bits per heavy atom. The first-order chi connectivity index (χ1) is 12.1. The van der Waals surface area contributed by atoms with Crippen LogP contribution in [-0.4, -0.2) is 22.5 Å². The zero-order chi connectivity index (χ0) is 17.6. The standard InChI is InChI=1S/C19H18ClN3O2/c1-2-12-7-8-21-11-16(12)23-17(24)19(22-18(23)25)9-13(10-19)14-5-3-4-6-15(14)20/h3-8,11,13H,2,9-10H2,1H3,(H,22,25). The van der Waals surface area contributed by atoms with Crippen LogP contribution in [0.5, 0.6) is 0 Å². The summed E-state index contributed by atoms with van der Waals surface area (Å²) in [7, 11) is 0. The molecule has 3 amide bonds. The lowest BCUT2D eigenvalue weighted by Crippen LogP contribution is -2.56. The molecule has 2 fully saturated rings. The first-order valence-corrected chi connectivity index (χ1v) is 8.77. The van der Waals surface area contributed by atoms with Crippen LogP contribution in [0.2, 0.25) is 5.02 Å². The van der Waals surface area contributed by atoms with Crippen LogP contribution in [-0.2, 0) is 11.2 Å². The zero-order valence-corrected chi connectivity index (χ0v) is 14.6. The van der Waals surface area contributed by atoms with Crippen molar-refractivity contribution in [3.05, 3.63) is 58.9 Å². The molecule has 0 bridgehead atoms. The van der Waals surface area contributed by atoms with Gasteiger partial charge in [-0.3, -0.25) is 9.78 Å². The molecular weight excluding hydrogens is 338 g/mol. The number of rotatable bonds is 3. The Morgan fingerprint density at radius 3 is 2.76 bits per heavy atom. The number of carbonyl (C=O) groups excluding carboxylic acids is 2. The van der Waals surface area contributed by atoms with Crippen molar-refractivity contribution >= 4 is 29.2 Å². The fraction of sp³-hybridized carbons (Fsp3) is 0.316. The third-order valence-corrected chi connectivity index (χ3v) is 5.55. The summed E-state index contributed by atoms with van der Waals surface area (Å²) in [5, 5.41) is 3.61. The molecule has 1 aromatic carbocycles. The maximum atomic E-state index is 13.0. The first kappa shape index (κ1) is 16.1. The number of urea groups is 1. The van der Waals surface area contributed by atoms with Gasteiger partial charge >= 0.3 is 6.03 Å². The number of aryl methyl sites for hydroxylation is 1. The summed E-state index contributed by atoms with van der Waals surface area (Å²) in [6, 6.07) is 9.14. The fourth-order valence-corrected chi connectivity index (χ4v) is 4.13. The number of halogens is 1. The molecular formula is C19H18ClN3O2. The van der Waals surface area contributed by atoms with Crippen molar-refractivity contribution in [2.24, 2.45) is 0 Å². The minimum atomic E-state index is -0.818. The first-order valence-electron chi connectivity index (χ1n) is 8.40. The molecule has 128 valence electrons. The molecule has 6 heteroatoms. The largest absolute Gasteiger partial charge is 0.329 e. The number of nitrogens with zero attached hydrogens (tertiary/aromatic N) is 2. The summed E-state index contributed by atoms with van der Waals surface area (Å²) in [5.41, 5.74) is 1.72. The van der Waals surface area contributed by atoms with Crippen molar-refractivity contribution in [1.82, 2.24) is 10.3 Å². The molecule has 0 radical (unpaired) electrons. The second-order valence-electron chi connectivity index (χ2n) is 6.64. The lowest BCUT2D eigenvalue weighted by atomic mass is 9.65. The zero-order valence-electron chi connectivity index (χ0n) is 13.8. The number of benzene rings is 1. The highest BCUT2D eigenvalue weighted by atomic mass is 35.5. The smallest absolute Gasteiger partial charge is 0.323 e. The van der Waals surface area contributed by atoms with E-state index in [2.05, 4.69) is 10.3 Å². The van der Waals surface area contributed by atoms with Crippen LogP contribution < -0.4 is 10.2 Å². The van der Waals surface area contributed by atoms with Crippen LogP contribution >= 0.6 is 11.6 Å². The molecule has 2 heterocycles. The minimum absolute atomic E-state index is 0.178. The molecule has 1 saturated heterocycles. The van der Waals surface area contributed by atoms with Crippen molar-refractivity contribution in [2.75, 3.05) is 4.90 Å². The molecule has 5 nitrogen and oxygen atoms in total. The van der Waals surface area contributed by atoms with Crippen molar-refractivity contribution in [1.29, 1.82) is 0 Å². The highest BCUT2D eigenvalue weighted by molar-refractivity contribution is 6.31. The van der Waals surface area contributed by atoms with Crippen molar-refractivity contribution in [3.8, 4) is 0 Å². The number of anilines is 1. The van der Waals surface area contributed by atoms with E-state index < -0.39 is 5.54 Å². The van der Waals surface area contributed by atoms with Gasteiger partial charge in [0.05, 0.1) is 11.9 Å². The lowest BCUT2D eigenvalue weighted by molar-refractivity contribution is -0.125. The molecule has 1 aromatic heterocycles. The monoisotopic (exact) mass is 355 g/mol. The number of carbonyl (C=O) groups is 2. The third kappa shape index (κ3) is 2.42. The average Bonchev–Trinajstić information content (AvgIpc) is 2.85. The number of amides is 3. The van der Waals surface area contributed by atoms with Gasteiger partial charge in [-0.15, -0.1) is 0 Å². The summed E-state index contributed by atoms with van der Waals surface area (Å²) in [5.74, 6) is -0.0130. The van der Waals surface area contributed by atoms with Gasteiger partial charge in [0, 0.05) is 11.2 Å².